The predicted octanol–water partition coefficient (Wildman–Crippen LogP) is 0.959. The van der Waals surface area contributed by atoms with Gasteiger partial charge >= 0.3 is 5.69 Å². The number of hydrogen-bond acceptors (Lipinski definition) is 3. The molecule has 1 unspecified atom stereocenters. The molecule has 0 radical (unpaired) electrons. The third-order valence-electron chi connectivity index (χ3n) is 4.75. The number of aromatic nitrogens is 2. The van der Waals surface area contributed by atoms with E-state index >= 15 is 0 Å². The van der Waals surface area contributed by atoms with Crippen LogP contribution in [-0.4, -0.2) is 39.6 Å². The molecule has 1 aromatic carbocycles. The lowest BCUT2D eigenvalue weighted by molar-refractivity contribution is -0.131. The smallest absolute Gasteiger partial charge is 0.329 e. The fourth-order valence-electron chi connectivity index (χ4n) is 3.15. The van der Waals surface area contributed by atoms with E-state index in [0.717, 1.165) is 17.5 Å². The van der Waals surface area contributed by atoms with Crippen LogP contribution in [0.15, 0.2) is 29.1 Å². The number of halogens is 1. The Hall–Kier alpha value is -1.79. The summed E-state index contributed by atoms with van der Waals surface area (Å²) in [5, 5.41) is 0. The zero-order chi connectivity index (χ0) is 15.9. The highest BCUT2D eigenvalue weighted by molar-refractivity contribution is 5.85. The Morgan fingerprint density at radius 3 is 2.57 bits per heavy atom. The lowest BCUT2D eigenvalue weighted by atomic mass is 9.90. The summed E-state index contributed by atoms with van der Waals surface area (Å²) < 4.78 is 3.13. The average molecular weight is 339 g/mol. The Bertz CT molecular complexity index is 782. The van der Waals surface area contributed by atoms with Gasteiger partial charge in [0.15, 0.2) is 0 Å². The van der Waals surface area contributed by atoms with Crippen LogP contribution in [0.5, 0.6) is 0 Å². The molecule has 1 amide bonds. The van der Waals surface area contributed by atoms with Gasteiger partial charge in [0.25, 0.3) is 0 Å². The second-order valence-electron chi connectivity index (χ2n) is 6.50. The van der Waals surface area contributed by atoms with Crippen molar-refractivity contribution in [3.8, 4) is 0 Å². The van der Waals surface area contributed by atoms with Crippen LogP contribution in [0.4, 0.5) is 0 Å². The first-order valence-electron chi connectivity index (χ1n) is 7.57. The van der Waals surface area contributed by atoms with Crippen molar-refractivity contribution in [3.63, 3.8) is 0 Å². The standard InChI is InChI=1S/C16H22N4O2.ClH/c1-16(10-17)7-8-19(11-16)14(21)9-20-13-6-4-3-5-12(13)18(2)15(20)22;/h3-6H,7-11,17H2,1-2H3;1H. The lowest BCUT2D eigenvalue weighted by Crippen LogP contribution is -2.38. The van der Waals surface area contributed by atoms with Gasteiger partial charge in [0, 0.05) is 20.1 Å². The summed E-state index contributed by atoms with van der Waals surface area (Å²) in [6.45, 7) is 4.14. The molecule has 6 nitrogen and oxygen atoms in total. The molecule has 1 aliphatic rings. The zero-order valence-electron chi connectivity index (χ0n) is 13.5. The largest absolute Gasteiger partial charge is 0.341 e. The third kappa shape index (κ3) is 3.01. The fourth-order valence-corrected chi connectivity index (χ4v) is 3.15. The van der Waals surface area contributed by atoms with Gasteiger partial charge < -0.3 is 10.6 Å². The summed E-state index contributed by atoms with van der Waals surface area (Å²) >= 11 is 0. The van der Waals surface area contributed by atoms with E-state index in [0.29, 0.717) is 19.6 Å². The summed E-state index contributed by atoms with van der Waals surface area (Å²) in [6, 6.07) is 7.53. The number of benzene rings is 1. The van der Waals surface area contributed by atoms with Gasteiger partial charge in [-0.3, -0.25) is 13.9 Å². The first kappa shape index (κ1) is 17.6. The van der Waals surface area contributed by atoms with Crippen molar-refractivity contribution >= 4 is 29.3 Å². The maximum Gasteiger partial charge on any atom is 0.329 e. The molecule has 0 aliphatic carbocycles. The third-order valence-corrected chi connectivity index (χ3v) is 4.75. The molecule has 0 saturated carbocycles. The van der Waals surface area contributed by atoms with E-state index in [1.807, 2.05) is 29.2 Å². The summed E-state index contributed by atoms with van der Waals surface area (Å²) in [4.78, 5) is 26.7. The van der Waals surface area contributed by atoms with Gasteiger partial charge in [0.05, 0.1) is 11.0 Å². The van der Waals surface area contributed by atoms with Crippen molar-refractivity contribution in [1.29, 1.82) is 0 Å². The van der Waals surface area contributed by atoms with Crippen molar-refractivity contribution in [1.82, 2.24) is 14.0 Å². The molecule has 2 N–H and O–H groups in total. The normalized spacial score (nSPS) is 20.7. The predicted molar refractivity (Wildman–Crippen MR) is 92.8 cm³/mol. The SMILES string of the molecule is Cl.Cn1c(=O)n(CC(=O)N2CCC(C)(CN)C2)c2ccccc21. The average Bonchev–Trinajstić information content (AvgIpc) is 3.03. The fraction of sp³-hybridized carbons (Fsp3) is 0.500. The lowest BCUT2D eigenvalue weighted by Gasteiger charge is -2.22. The molecule has 1 atom stereocenters. The van der Waals surface area contributed by atoms with E-state index in [1.54, 1.807) is 16.2 Å². The van der Waals surface area contributed by atoms with Gasteiger partial charge in [0.2, 0.25) is 5.91 Å². The summed E-state index contributed by atoms with van der Waals surface area (Å²) in [5.41, 5.74) is 7.27. The summed E-state index contributed by atoms with van der Waals surface area (Å²) in [7, 11) is 1.73. The molecule has 1 fully saturated rings. The molecular weight excluding hydrogens is 316 g/mol. The molecule has 2 heterocycles. The molecule has 0 bridgehead atoms. The first-order chi connectivity index (χ1) is 10.4. The minimum atomic E-state index is -0.157. The van der Waals surface area contributed by atoms with Crippen molar-refractivity contribution < 1.29 is 4.79 Å². The number of imidazole rings is 1. The molecular formula is C16H23ClN4O2. The van der Waals surface area contributed by atoms with Crippen LogP contribution in [-0.2, 0) is 18.4 Å². The first-order valence-corrected chi connectivity index (χ1v) is 7.57. The van der Waals surface area contributed by atoms with Crippen LogP contribution in [0, 0.1) is 5.41 Å². The number of nitrogens with two attached hydrogens (primary N) is 1. The van der Waals surface area contributed by atoms with Crippen LogP contribution >= 0.6 is 12.4 Å². The second-order valence-corrected chi connectivity index (χ2v) is 6.50. The van der Waals surface area contributed by atoms with Gasteiger partial charge in [-0.05, 0) is 30.5 Å². The van der Waals surface area contributed by atoms with Gasteiger partial charge in [-0.25, -0.2) is 4.79 Å². The topological polar surface area (TPSA) is 73.3 Å². The van der Waals surface area contributed by atoms with Gasteiger partial charge in [-0.1, -0.05) is 19.1 Å². The number of rotatable bonds is 3. The van der Waals surface area contributed by atoms with Crippen LogP contribution in [0.2, 0.25) is 0 Å². The van der Waals surface area contributed by atoms with Crippen LogP contribution in [0.25, 0.3) is 11.0 Å². The Morgan fingerprint density at radius 2 is 1.96 bits per heavy atom. The molecule has 2 aromatic rings. The number of amides is 1. The number of likely N-dealkylation sites (tertiary alicyclic amines) is 1. The summed E-state index contributed by atoms with van der Waals surface area (Å²) in [6.07, 6.45) is 0.916. The number of carbonyl (C=O) groups excluding carboxylic acids is 1. The van der Waals surface area contributed by atoms with Crippen molar-refractivity contribution in [2.45, 2.75) is 19.9 Å². The highest BCUT2D eigenvalue weighted by atomic mass is 35.5. The summed E-state index contributed by atoms with van der Waals surface area (Å²) in [5.74, 6) is -0.0179. The quantitative estimate of drug-likeness (QED) is 0.906. The number of para-hydroxylation sites is 2. The zero-order valence-corrected chi connectivity index (χ0v) is 14.3. The Kier molecular flexibility index (Phi) is 4.87. The number of hydrogen-bond donors (Lipinski definition) is 1. The number of fused-ring (bicyclic) bond motifs is 1. The Labute approximate surface area is 141 Å². The highest BCUT2D eigenvalue weighted by Gasteiger charge is 2.35. The molecule has 1 aliphatic heterocycles. The molecule has 0 spiro atoms. The molecule has 23 heavy (non-hydrogen) atoms. The van der Waals surface area contributed by atoms with E-state index in [2.05, 4.69) is 6.92 Å². The van der Waals surface area contributed by atoms with Gasteiger partial charge in [0.1, 0.15) is 6.54 Å². The number of aryl methyl sites for hydroxylation is 1. The van der Waals surface area contributed by atoms with E-state index in [-0.39, 0.29) is 36.0 Å². The maximum atomic E-state index is 12.5. The van der Waals surface area contributed by atoms with Crippen LogP contribution in [0.3, 0.4) is 0 Å². The van der Waals surface area contributed by atoms with Crippen molar-refractivity contribution in [2.24, 2.45) is 18.2 Å². The molecule has 1 aromatic heterocycles. The van der Waals surface area contributed by atoms with Gasteiger partial charge in [-0.2, -0.15) is 0 Å². The van der Waals surface area contributed by atoms with Crippen molar-refractivity contribution in [3.05, 3.63) is 34.7 Å². The Morgan fingerprint density at radius 1 is 1.30 bits per heavy atom. The monoisotopic (exact) mass is 338 g/mol. The minimum absolute atomic E-state index is 0. The second kappa shape index (κ2) is 6.37. The van der Waals surface area contributed by atoms with Crippen LogP contribution < -0.4 is 11.4 Å². The number of carbonyl (C=O) groups is 1. The molecule has 7 heteroatoms. The van der Waals surface area contributed by atoms with Gasteiger partial charge in [-0.15, -0.1) is 12.4 Å². The van der Waals surface area contributed by atoms with Crippen LogP contribution in [0.1, 0.15) is 13.3 Å². The van der Waals surface area contributed by atoms with E-state index in [4.69, 9.17) is 5.73 Å². The minimum Gasteiger partial charge on any atom is -0.341 e. The van der Waals surface area contributed by atoms with Crippen molar-refractivity contribution in [2.75, 3.05) is 19.6 Å². The molecule has 1 saturated heterocycles. The Balaban J connectivity index is 0.00000192. The van der Waals surface area contributed by atoms with E-state index in [1.165, 1.54) is 0 Å². The molecule has 3 rings (SSSR count). The number of nitrogens with zero attached hydrogens (tertiary/aromatic N) is 3. The van der Waals surface area contributed by atoms with E-state index in [9.17, 15) is 9.59 Å². The van der Waals surface area contributed by atoms with E-state index < -0.39 is 0 Å². The molecule has 126 valence electrons. The maximum absolute atomic E-state index is 12.5. The highest BCUT2D eigenvalue weighted by Crippen LogP contribution is 2.28.